The van der Waals surface area contributed by atoms with E-state index in [1.807, 2.05) is 18.2 Å². The summed E-state index contributed by atoms with van der Waals surface area (Å²) in [6.45, 7) is 5.72. The summed E-state index contributed by atoms with van der Waals surface area (Å²) < 4.78 is 0. The molecule has 1 fully saturated rings. The standard InChI is InChI=1S/C17H27N3O/c1-2-7-14(12-18)17(21)19-16-9-4-3-8-15(16)13-20-10-5-6-11-20/h3-4,8-9,14H,2,5-7,10-13,18H2,1H3,(H,19,21). The molecule has 1 aliphatic heterocycles. The van der Waals surface area contributed by atoms with Gasteiger partial charge in [0.05, 0.1) is 5.92 Å². The zero-order valence-corrected chi connectivity index (χ0v) is 13.0. The van der Waals surface area contributed by atoms with Crippen LogP contribution in [0.2, 0.25) is 0 Å². The lowest BCUT2D eigenvalue weighted by molar-refractivity contribution is -0.119. The van der Waals surface area contributed by atoms with Crippen LogP contribution >= 0.6 is 0 Å². The van der Waals surface area contributed by atoms with E-state index in [0.29, 0.717) is 6.54 Å². The first-order valence-electron chi connectivity index (χ1n) is 8.05. The minimum absolute atomic E-state index is 0.0493. The molecule has 21 heavy (non-hydrogen) atoms. The van der Waals surface area contributed by atoms with E-state index in [2.05, 4.69) is 23.2 Å². The molecule has 0 bridgehead atoms. The van der Waals surface area contributed by atoms with Gasteiger partial charge in [-0.05, 0) is 44.0 Å². The van der Waals surface area contributed by atoms with E-state index in [1.165, 1.54) is 18.4 Å². The topological polar surface area (TPSA) is 58.4 Å². The highest BCUT2D eigenvalue weighted by Gasteiger charge is 2.18. The van der Waals surface area contributed by atoms with Crippen LogP contribution in [0.3, 0.4) is 0 Å². The summed E-state index contributed by atoms with van der Waals surface area (Å²) in [6.07, 6.45) is 4.38. The molecule has 1 amide bonds. The van der Waals surface area contributed by atoms with Gasteiger partial charge in [-0.1, -0.05) is 31.5 Å². The minimum atomic E-state index is -0.0881. The minimum Gasteiger partial charge on any atom is -0.330 e. The first-order chi connectivity index (χ1) is 10.2. The molecular formula is C17H27N3O. The zero-order chi connectivity index (χ0) is 15.1. The molecule has 1 unspecified atom stereocenters. The van der Waals surface area contributed by atoms with Crippen molar-refractivity contribution >= 4 is 11.6 Å². The molecular weight excluding hydrogens is 262 g/mol. The lowest BCUT2D eigenvalue weighted by Crippen LogP contribution is -2.30. The molecule has 0 aliphatic carbocycles. The van der Waals surface area contributed by atoms with E-state index in [4.69, 9.17) is 5.73 Å². The van der Waals surface area contributed by atoms with Gasteiger partial charge >= 0.3 is 0 Å². The third-order valence-corrected chi connectivity index (χ3v) is 4.16. The molecule has 4 nitrogen and oxygen atoms in total. The summed E-state index contributed by atoms with van der Waals surface area (Å²) >= 11 is 0. The largest absolute Gasteiger partial charge is 0.330 e. The summed E-state index contributed by atoms with van der Waals surface area (Å²) in [6, 6.07) is 8.10. The van der Waals surface area contributed by atoms with Crippen LogP contribution in [0.5, 0.6) is 0 Å². The average molecular weight is 289 g/mol. The molecule has 0 radical (unpaired) electrons. The van der Waals surface area contributed by atoms with Gasteiger partial charge in [-0.15, -0.1) is 0 Å². The van der Waals surface area contributed by atoms with E-state index >= 15 is 0 Å². The first-order valence-corrected chi connectivity index (χ1v) is 8.05. The number of nitrogens with one attached hydrogen (secondary N) is 1. The van der Waals surface area contributed by atoms with Gasteiger partial charge in [0.1, 0.15) is 0 Å². The predicted molar refractivity (Wildman–Crippen MR) is 87.0 cm³/mol. The van der Waals surface area contributed by atoms with Gasteiger partial charge in [0.15, 0.2) is 0 Å². The third-order valence-electron chi connectivity index (χ3n) is 4.16. The van der Waals surface area contributed by atoms with Crippen molar-refractivity contribution in [1.82, 2.24) is 4.90 Å². The summed E-state index contributed by atoms with van der Waals surface area (Å²) in [5.41, 5.74) is 7.84. The fourth-order valence-electron chi connectivity index (χ4n) is 2.90. The van der Waals surface area contributed by atoms with Crippen LogP contribution in [0.1, 0.15) is 38.2 Å². The fraction of sp³-hybridized carbons (Fsp3) is 0.588. The SMILES string of the molecule is CCCC(CN)C(=O)Nc1ccccc1CN1CCCC1. The van der Waals surface area contributed by atoms with E-state index in [1.54, 1.807) is 0 Å². The Morgan fingerprint density at radius 3 is 2.71 bits per heavy atom. The Hall–Kier alpha value is -1.39. The monoisotopic (exact) mass is 289 g/mol. The van der Waals surface area contributed by atoms with E-state index < -0.39 is 0 Å². The number of carbonyl (C=O) groups excluding carboxylic acids is 1. The summed E-state index contributed by atoms with van der Waals surface area (Å²) in [7, 11) is 0. The quantitative estimate of drug-likeness (QED) is 0.811. The van der Waals surface area contributed by atoms with Gasteiger partial charge in [0, 0.05) is 18.8 Å². The molecule has 0 spiro atoms. The van der Waals surface area contributed by atoms with Crippen LogP contribution in [-0.4, -0.2) is 30.4 Å². The maximum absolute atomic E-state index is 12.3. The van der Waals surface area contributed by atoms with Gasteiger partial charge in [0.2, 0.25) is 5.91 Å². The van der Waals surface area contributed by atoms with Crippen LogP contribution in [0.15, 0.2) is 24.3 Å². The highest BCUT2D eigenvalue weighted by molar-refractivity contribution is 5.93. The molecule has 1 heterocycles. The van der Waals surface area contributed by atoms with Crippen molar-refractivity contribution < 1.29 is 4.79 Å². The molecule has 1 aromatic rings. The van der Waals surface area contributed by atoms with Crippen LogP contribution < -0.4 is 11.1 Å². The highest BCUT2D eigenvalue weighted by atomic mass is 16.1. The van der Waals surface area contributed by atoms with Crippen molar-refractivity contribution in [2.24, 2.45) is 11.7 Å². The molecule has 1 atom stereocenters. The lowest BCUT2D eigenvalue weighted by Gasteiger charge is -2.19. The molecule has 0 saturated carbocycles. The lowest BCUT2D eigenvalue weighted by atomic mass is 10.0. The maximum Gasteiger partial charge on any atom is 0.228 e. The van der Waals surface area contributed by atoms with Gasteiger partial charge in [-0.25, -0.2) is 0 Å². The van der Waals surface area contributed by atoms with Crippen LogP contribution in [-0.2, 0) is 11.3 Å². The molecule has 1 saturated heterocycles. The predicted octanol–water partition coefficient (Wildman–Crippen LogP) is 2.60. The number of anilines is 1. The second-order valence-electron chi connectivity index (χ2n) is 5.85. The fourth-order valence-corrected chi connectivity index (χ4v) is 2.90. The second-order valence-corrected chi connectivity index (χ2v) is 5.85. The van der Waals surface area contributed by atoms with E-state index in [-0.39, 0.29) is 11.8 Å². The van der Waals surface area contributed by atoms with Gasteiger partial charge in [-0.3, -0.25) is 9.69 Å². The maximum atomic E-state index is 12.3. The van der Waals surface area contributed by atoms with Crippen LogP contribution in [0.25, 0.3) is 0 Å². The molecule has 4 heteroatoms. The number of para-hydroxylation sites is 1. The molecule has 1 aliphatic rings. The molecule has 1 aromatic carbocycles. The Kier molecular flexibility index (Phi) is 6.21. The first kappa shape index (κ1) is 16.0. The number of nitrogens with zero attached hydrogens (tertiary/aromatic N) is 1. The number of hydrogen-bond acceptors (Lipinski definition) is 3. The van der Waals surface area contributed by atoms with E-state index in [9.17, 15) is 4.79 Å². The Labute approximate surface area is 127 Å². The van der Waals surface area contributed by atoms with Gasteiger partial charge < -0.3 is 11.1 Å². The zero-order valence-electron chi connectivity index (χ0n) is 13.0. The molecule has 116 valence electrons. The summed E-state index contributed by atoms with van der Waals surface area (Å²) in [5, 5.41) is 3.07. The highest BCUT2D eigenvalue weighted by Crippen LogP contribution is 2.21. The van der Waals surface area contributed by atoms with Gasteiger partial charge in [0.25, 0.3) is 0 Å². The summed E-state index contributed by atoms with van der Waals surface area (Å²) in [5.74, 6) is -0.0388. The molecule has 3 N–H and O–H groups in total. The summed E-state index contributed by atoms with van der Waals surface area (Å²) in [4.78, 5) is 14.8. The van der Waals surface area contributed by atoms with Crippen LogP contribution in [0.4, 0.5) is 5.69 Å². The number of rotatable bonds is 7. The third kappa shape index (κ3) is 4.55. The number of benzene rings is 1. The normalized spacial score (nSPS) is 16.9. The molecule has 0 aromatic heterocycles. The Morgan fingerprint density at radius 2 is 2.05 bits per heavy atom. The van der Waals surface area contributed by atoms with Crippen molar-refractivity contribution in [2.45, 2.75) is 39.2 Å². The number of carbonyl (C=O) groups is 1. The van der Waals surface area contributed by atoms with Gasteiger partial charge in [-0.2, -0.15) is 0 Å². The Morgan fingerprint density at radius 1 is 1.33 bits per heavy atom. The number of amides is 1. The average Bonchev–Trinajstić information content (AvgIpc) is 2.99. The van der Waals surface area contributed by atoms with Crippen LogP contribution in [0, 0.1) is 5.92 Å². The number of nitrogens with two attached hydrogens (primary N) is 1. The smallest absolute Gasteiger partial charge is 0.228 e. The van der Waals surface area contributed by atoms with E-state index in [0.717, 1.165) is 38.2 Å². The Bertz CT molecular complexity index is 455. The molecule has 2 rings (SSSR count). The Balaban J connectivity index is 2.03. The van der Waals surface area contributed by atoms with Crippen molar-refractivity contribution in [1.29, 1.82) is 0 Å². The number of hydrogen-bond donors (Lipinski definition) is 2. The van der Waals surface area contributed by atoms with Crippen molar-refractivity contribution in [3.05, 3.63) is 29.8 Å². The van der Waals surface area contributed by atoms with Crippen molar-refractivity contribution in [3.63, 3.8) is 0 Å². The second kappa shape index (κ2) is 8.15. The number of likely N-dealkylation sites (tertiary alicyclic amines) is 1. The van der Waals surface area contributed by atoms with Crippen molar-refractivity contribution in [2.75, 3.05) is 25.0 Å². The van der Waals surface area contributed by atoms with Crippen molar-refractivity contribution in [3.8, 4) is 0 Å².